The summed E-state index contributed by atoms with van der Waals surface area (Å²) in [5.74, 6) is 0.572. The minimum atomic E-state index is -3.42. The van der Waals surface area contributed by atoms with Crippen molar-refractivity contribution in [3.8, 4) is 5.75 Å². The molecule has 24 heavy (non-hydrogen) atoms. The summed E-state index contributed by atoms with van der Waals surface area (Å²) in [5, 5.41) is 10.4. The Morgan fingerprint density at radius 2 is 2.08 bits per heavy atom. The molecule has 2 rings (SSSR count). The van der Waals surface area contributed by atoms with Gasteiger partial charge in [-0.2, -0.15) is 9.90 Å². The summed E-state index contributed by atoms with van der Waals surface area (Å²) < 4.78 is 29.6. The van der Waals surface area contributed by atoms with Crippen LogP contribution < -0.4 is 14.8 Å². The molecule has 10 heteroatoms. The number of ether oxygens (including phenoxy) is 1. The first-order valence-electron chi connectivity index (χ1n) is 7.14. The van der Waals surface area contributed by atoms with E-state index in [1.165, 1.54) is 6.20 Å². The third-order valence-electron chi connectivity index (χ3n) is 3.02. The van der Waals surface area contributed by atoms with Gasteiger partial charge < -0.3 is 10.1 Å². The first-order chi connectivity index (χ1) is 11.4. The lowest BCUT2D eigenvalue weighted by Crippen LogP contribution is -2.30. The van der Waals surface area contributed by atoms with Gasteiger partial charge in [-0.15, -0.1) is 5.10 Å². The van der Waals surface area contributed by atoms with Crippen LogP contribution in [0.25, 0.3) is 0 Å². The molecule has 0 saturated carbocycles. The van der Waals surface area contributed by atoms with Crippen molar-refractivity contribution in [3.05, 3.63) is 36.0 Å². The fraction of sp³-hybridized carbons (Fsp3) is 0.357. The van der Waals surface area contributed by atoms with Crippen molar-refractivity contribution >= 4 is 21.7 Å². The highest BCUT2D eigenvalue weighted by Crippen LogP contribution is 2.17. The zero-order chi connectivity index (χ0) is 17.6. The predicted octanol–water partition coefficient (Wildman–Crippen LogP) is 0.0171. The van der Waals surface area contributed by atoms with Crippen LogP contribution in [0.15, 0.2) is 30.5 Å². The summed E-state index contributed by atoms with van der Waals surface area (Å²) in [5.41, 5.74) is 0.997. The molecule has 0 radical (unpaired) electrons. The average Bonchev–Trinajstić information content (AvgIpc) is 2.92. The predicted molar refractivity (Wildman–Crippen MR) is 88.2 cm³/mol. The molecular weight excluding hydrogens is 334 g/mol. The number of para-hydroxylation sites is 1. The maximum absolute atomic E-state index is 11.9. The third kappa shape index (κ3) is 5.54. The molecule has 0 fully saturated rings. The lowest BCUT2D eigenvalue weighted by atomic mass is 10.1. The number of aromatic nitrogens is 3. The molecule has 0 bridgehead atoms. The van der Waals surface area contributed by atoms with Crippen LogP contribution in [-0.4, -0.2) is 49.2 Å². The van der Waals surface area contributed by atoms with Crippen LogP contribution in [0.1, 0.15) is 5.56 Å². The molecule has 1 aromatic carbocycles. The van der Waals surface area contributed by atoms with Crippen molar-refractivity contribution in [3.63, 3.8) is 0 Å². The number of hydrogen-bond donors (Lipinski definition) is 2. The highest BCUT2D eigenvalue weighted by Gasteiger charge is 2.09. The Bertz CT molecular complexity index is 803. The number of nitrogens with one attached hydrogen (secondary N) is 2. The van der Waals surface area contributed by atoms with Crippen molar-refractivity contribution in [2.75, 3.05) is 24.6 Å². The first kappa shape index (κ1) is 17.7. The summed E-state index contributed by atoms with van der Waals surface area (Å²) in [7, 11) is -1.82. The number of benzene rings is 1. The summed E-state index contributed by atoms with van der Waals surface area (Å²) in [6.07, 6.45) is 2.88. The SMILES string of the molecule is COc1ccccc1CCNC(=O)Cn1ncc(NS(C)(=O)=O)n1. The Balaban J connectivity index is 1.81. The second-order valence-corrected chi connectivity index (χ2v) is 6.79. The van der Waals surface area contributed by atoms with Gasteiger partial charge in [0.1, 0.15) is 12.3 Å². The van der Waals surface area contributed by atoms with Gasteiger partial charge in [0, 0.05) is 6.54 Å². The Kier molecular flexibility index (Phi) is 5.74. The van der Waals surface area contributed by atoms with E-state index in [-0.39, 0.29) is 18.3 Å². The van der Waals surface area contributed by atoms with Crippen LogP contribution >= 0.6 is 0 Å². The van der Waals surface area contributed by atoms with E-state index in [4.69, 9.17) is 4.74 Å². The minimum absolute atomic E-state index is 0.0688. The normalized spacial score (nSPS) is 11.1. The van der Waals surface area contributed by atoms with Gasteiger partial charge >= 0.3 is 0 Å². The van der Waals surface area contributed by atoms with Crippen molar-refractivity contribution in [1.82, 2.24) is 20.3 Å². The van der Waals surface area contributed by atoms with E-state index in [0.29, 0.717) is 13.0 Å². The second kappa shape index (κ2) is 7.77. The van der Waals surface area contributed by atoms with Crippen LogP contribution in [-0.2, 0) is 27.8 Å². The number of sulfonamides is 1. The fourth-order valence-electron chi connectivity index (χ4n) is 2.04. The summed E-state index contributed by atoms with van der Waals surface area (Å²) >= 11 is 0. The molecule has 0 saturated heterocycles. The van der Waals surface area contributed by atoms with E-state index >= 15 is 0 Å². The smallest absolute Gasteiger partial charge is 0.243 e. The maximum atomic E-state index is 11.9. The number of hydrogen-bond acceptors (Lipinski definition) is 6. The van der Waals surface area contributed by atoms with E-state index in [1.807, 2.05) is 24.3 Å². The Morgan fingerprint density at radius 1 is 1.33 bits per heavy atom. The van der Waals surface area contributed by atoms with E-state index < -0.39 is 10.0 Å². The van der Waals surface area contributed by atoms with Crippen molar-refractivity contribution in [1.29, 1.82) is 0 Å². The molecule has 0 unspecified atom stereocenters. The van der Waals surface area contributed by atoms with Gasteiger partial charge in [-0.1, -0.05) is 18.2 Å². The van der Waals surface area contributed by atoms with Gasteiger partial charge in [0.2, 0.25) is 15.9 Å². The highest BCUT2D eigenvalue weighted by molar-refractivity contribution is 7.92. The number of rotatable bonds is 8. The molecule has 2 N–H and O–H groups in total. The monoisotopic (exact) mass is 353 g/mol. The van der Waals surface area contributed by atoms with E-state index in [9.17, 15) is 13.2 Å². The fourth-order valence-corrected chi connectivity index (χ4v) is 2.51. The van der Waals surface area contributed by atoms with E-state index in [1.54, 1.807) is 7.11 Å². The summed E-state index contributed by atoms with van der Waals surface area (Å²) in [6.45, 7) is 0.340. The zero-order valence-corrected chi connectivity index (χ0v) is 14.2. The van der Waals surface area contributed by atoms with Gasteiger partial charge in [-0.25, -0.2) is 8.42 Å². The summed E-state index contributed by atoms with van der Waals surface area (Å²) in [4.78, 5) is 13.0. The zero-order valence-electron chi connectivity index (χ0n) is 13.4. The molecule has 0 spiro atoms. The Hall–Kier alpha value is -2.62. The Labute approximate surface area is 140 Å². The van der Waals surface area contributed by atoms with Crippen molar-refractivity contribution < 1.29 is 17.9 Å². The van der Waals surface area contributed by atoms with Crippen molar-refractivity contribution in [2.45, 2.75) is 13.0 Å². The highest BCUT2D eigenvalue weighted by atomic mass is 32.2. The maximum Gasteiger partial charge on any atom is 0.243 e. The number of carbonyl (C=O) groups excluding carboxylic acids is 1. The van der Waals surface area contributed by atoms with Gasteiger partial charge in [0.15, 0.2) is 5.82 Å². The van der Waals surface area contributed by atoms with Crippen LogP contribution in [0, 0.1) is 0 Å². The molecule has 0 aliphatic carbocycles. The molecule has 1 heterocycles. The van der Waals surface area contributed by atoms with Gasteiger partial charge in [-0.05, 0) is 18.1 Å². The molecule has 1 aromatic heterocycles. The largest absolute Gasteiger partial charge is 0.496 e. The van der Waals surface area contributed by atoms with Crippen LogP contribution in [0.5, 0.6) is 5.75 Å². The average molecular weight is 353 g/mol. The van der Waals surface area contributed by atoms with Gasteiger partial charge in [0.05, 0.1) is 19.6 Å². The molecule has 0 aliphatic heterocycles. The second-order valence-electron chi connectivity index (χ2n) is 5.05. The Morgan fingerprint density at radius 3 is 2.79 bits per heavy atom. The molecule has 1 amide bonds. The van der Waals surface area contributed by atoms with Crippen LogP contribution in [0.3, 0.4) is 0 Å². The molecule has 0 aliphatic rings. The number of anilines is 1. The third-order valence-corrected chi connectivity index (χ3v) is 3.60. The number of methoxy groups -OCH3 is 1. The minimum Gasteiger partial charge on any atom is -0.496 e. The lowest BCUT2D eigenvalue weighted by molar-refractivity contribution is -0.122. The first-order valence-corrected chi connectivity index (χ1v) is 9.03. The molecule has 130 valence electrons. The standard InChI is InChI=1S/C14H19N5O4S/c1-23-12-6-4-3-5-11(12)7-8-15-14(20)10-19-16-9-13(17-19)18-24(2,21)22/h3-6,9H,7-8,10H2,1-2H3,(H,15,20)(H,17,18). The van der Waals surface area contributed by atoms with Crippen LogP contribution in [0.2, 0.25) is 0 Å². The topological polar surface area (TPSA) is 115 Å². The van der Waals surface area contributed by atoms with Crippen LogP contribution in [0.4, 0.5) is 5.82 Å². The van der Waals surface area contributed by atoms with E-state index in [0.717, 1.165) is 22.4 Å². The van der Waals surface area contributed by atoms with E-state index in [2.05, 4.69) is 20.2 Å². The number of amides is 1. The summed E-state index contributed by atoms with van der Waals surface area (Å²) in [6, 6.07) is 7.58. The molecular formula is C14H19N5O4S. The van der Waals surface area contributed by atoms with Gasteiger partial charge in [0.25, 0.3) is 0 Å². The quantitative estimate of drug-likeness (QED) is 0.691. The van der Waals surface area contributed by atoms with Crippen molar-refractivity contribution in [2.24, 2.45) is 0 Å². The molecule has 9 nitrogen and oxygen atoms in total. The number of nitrogens with zero attached hydrogens (tertiary/aromatic N) is 3. The molecule has 2 aromatic rings. The van der Waals surface area contributed by atoms with Gasteiger partial charge in [-0.3, -0.25) is 9.52 Å². The lowest BCUT2D eigenvalue weighted by Gasteiger charge is -2.09. The molecule has 0 atom stereocenters. The number of carbonyl (C=O) groups is 1.